The van der Waals surface area contributed by atoms with E-state index in [9.17, 15) is 4.79 Å². The molecule has 3 aromatic rings. The highest BCUT2D eigenvalue weighted by Gasteiger charge is 2.10. The Hall–Kier alpha value is -3.22. The first-order valence-corrected chi connectivity index (χ1v) is 7.87. The third kappa shape index (κ3) is 4.63. The molecule has 1 aromatic carbocycles. The maximum absolute atomic E-state index is 12.0. The molecule has 2 aromatic heterocycles. The first-order chi connectivity index (χ1) is 12.2. The Bertz CT molecular complexity index is 816. The molecule has 0 radical (unpaired) electrons. The molecule has 0 aliphatic rings. The van der Waals surface area contributed by atoms with Gasteiger partial charge in [-0.3, -0.25) is 9.78 Å². The zero-order valence-corrected chi connectivity index (χ0v) is 13.8. The standard InChI is InChI=1S/C18H18N4O3/c1-24-15-7-4-13(5-8-15)6-9-16(23)20-12-17-21-22-18(25-17)14-3-2-10-19-11-14/h2-5,7-8,10-11H,6,9,12H2,1H3,(H,20,23). The maximum atomic E-state index is 12.0. The average Bonchev–Trinajstić information content (AvgIpc) is 3.15. The van der Waals surface area contributed by atoms with Crippen LogP contribution in [0.1, 0.15) is 17.9 Å². The van der Waals surface area contributed by atoms with E-state index in [1.54, 1.807) is 25.6 Å². The second-order valence-corrected chi connectivity index (χ2v) is 5.37. The van der Waals surface area contributed by atoms with E-state index in [4.69, 9.17) is 9.15 Å². The molecule has 128 valence electrons. The highest BCUT2D eigenvalue weighted by Crippen LogP contribution is 2.16. The Morgan fingerprint density at radius 2 is 2.04 bits per heavy atom. The smallest absolute Gasteiger partial charge is 0.249 e. The summed E-state index contributed by atoms with van der Waals surface area (Å²) in [5.41, 5.74) is 1.82. The number of pyridine rings is 1. The lowest BCUT2D eigenvalue weighted by Crippen LogP contribution is -2.23. The second-order valence-electron chi connectivity index (χ2n) is 5.37. The molecule has 1 N–H and O–H groups in total. The zero-order valence-electron chi connectivity index (χ0n) is 13.8. The fourth-order valence-electron chi connectivity index (χ4n) is 2.24. The third-order valence-corrected chi connectivity index (χ3v) is 3.61. The first kappa shape index (κ1) is 16.6. The minimum atomic E-state index is -0.0723. The quantitative estimate of drug-likeness (QED) is 0.711. The van der Waals surface area contributed by atoms with Gasteiger partial charge in [0, 0.05) is 18.8 Å². The summed E-state index contributed by atoms with van der Waals surface area (Å²) < 4.78 is 10.6. The number of hydrogen-bond acceptors (Lipinski definition) is 6. The second kappa shape index (κ2) is 8.05. The molecule has 0 aliphatic carbocycles. The molecule has 0 spiro atoms. The first-order valence-electron chi connectivity index (χ1n) is 7.87. The van der Waals surface area contributed by atoms with Crippen molar-refractivity contribution in [2.24, 2.45) is 0 Å². The number of hydrogen-bond donors (Lipinski definition) is 1. The molecule has 7 nitrogen and oxygen atoms in total. The summed E-state index contributed by atoms with van der Waals surface area (Å²) in [5.74, 6) is 1.47. The summed E-state index contributed by atoms with van der Waals surface area (Å²) in [6.45, 7) is 0.203. The monoisotopic (exact) mass is 338 g/mol. The van der Waals surface area contributed by atoms with E-state index in [1.165, 1.54) is 0 Å². The Morgan fingerprint density at radius 3 is 2.76 bits per heavy atom. The van der Waals surface area contributed by atoms with Gasteiger partial charge in [0.1, 0.15) is 5.75 Å². The summed E-state index contributed by atoms with van der Waals surface area (Å²) in [5, 5.41) is 10.7. The van der Waals surface area contributed by atoms with E-state index < -0.39 is 0 Å². The number of methoxy groups -OCH3 is 1. The number of benzene rings is 1. The van der Waals surface area contributed by atoms with Crippen LogP contribution in [0.2, 0.25) is 0 Å². The normalized spacial score (nSPS) is 10.4. The number of nitrogens with one attached hydrogen (secondary N) is 1. The number of amides is 1. The summed E-state index contributed by atoms with van der Waals surface area (Å²) >= 11 is 0. The average molecular weight is 338 g/mol. The van der Waals surface area contributed by atoms with Gasteiger partial charge in [0.05, 0.1) is 19.2 Å². The Balaban J connectivity index is 1.46. The number of carbonyl (C=O) groups excluding carboxylic acids is 1. The van der Waals surface area contributed by atoms with Crippen LogP contribution in [-0.2, 0) is 17.8 Å². The minimum absolute atomic E-state index is 0.0723. The maximum Gasteiger partial charge on any atom is 0.249 e. The van der Waals surface area contributed by atoms with Crippen molar-refractivity contribution < 1.29 is 13.9 Å². The van der Waals surface area contributed by atoms with Crippen LogP contribution in [0.5, 0.6) is 5.75 Å². The molecule has 0 saturated carbocycles. The van der Waals surface area contributed by atoms with Crippen molar-refractivity contribution in [1.82, 2.24) is 20.5 Å². The highest BCUT2D eigenvalue weighted by atomic mass is 16.5. The van der Waals surface area contributed by atoms with Crippen LogP contribution in [0.25, 0.3) is 11.5 Å². The number of carbonyl (C=O) groups is 1. The molecule has 0 saturated heterocycles. The van der Waals surface area contributed by atoms with Gasteiger partial charge in [0.25, 0.3) is 0 Å². The Morgan fingerprint density at radius 1 is 1.20 bits per heavy atom. The predicted octanol–water partition coefficient (Wildman–Crippen LogP) is 2.39. The number of ether oxygens (including phenoxy) is 1. The van der Waals surface area contributed by atoms with Crippen LogP contribution < -0.4 is 10.1 Å². The zero-order chi connectivity index (χ0) is 17.5. The van der Waals surface area contributed by atoms with Crippen LogP contribution in [0.3, 0.4) is 0 Å². The highest BCUT2D eigenvalue weighted by molar-refractivity contribution is 5.76. The van der Waals surface area contributed by atoms with Gasteiger partial charge in [-0.25, -0.2) is 0 Å². The van der Waals surface area contributed by atoms with Crippen molar-refractivity contribution in [2.75, 3.05) is 7.11 Å². The summed E-state index contributed by atoms with van der Waals surface area (Å²) in [6, 6.07) is 11.3. The Kier molecular flexibility index (Phi) is 5.36. The lowest BCUT2D eigenvalue weighted by molar-refractivity contribution is -0.121. The third-order valence-electron chi connectivity index (χ3n) is 3.61. The van der Waals surface area contributed by atoms with E-state index in [-0.39, 0.29) is 12.5 Å². The molecule has 25 heavy (non-hydrogen) atoms. The summed E-state index contributed by atoms with van der Waals surface area (Å²) in [7, 11) is 1.62. The molecule has 2 heterocycles. The predicted molar refractivity (Wildman–Crippen MR) is 90.7 cm³/mol. The van der Waals surface area contributed by atoms with Gasteiger partial charge in [-0.2, -0.15) is 0 Å². The van der Waals surface area contributed by atoms with Crippen LogP contribution in [0, 0.1) is 0 Å². The van der Waals surface area contributed by atoms with E-state index in [0.717, 1.165) is 16.9 Å². The molecule has 0 bridgehead atoms. The van der Waals surface area contributed by atoms with Crippen LogP contribution >= 0.6 is 0 Å². The van der Waals surface area contributed by atoms with Crippen molar-refractivity contribution in [1.29, 1.82) is 0 Å². The largest absolute Gasteiger partial charge is 0.497 e. The van der Waals surface area contributed by atoms with Crippen molar-refractivity contribution in [3.63, 3.8) is 0 Å². The fourth-order valence-corrected chi connectivity index (χ4v) is 2.24. The molecule has 0 unspecified atom stereocenters. The van der Waals surface area contributed by atoms with Gasteiger partial charge < -0.3 is 14.5 Å². The van der Waals surface area contributed by atoms with Crippen LogP contribution in [0.15, 0.2) is 53.2 Å². The molecule has 0 atom stereocenters. The molecular formula is C18H18N4O3. The van der Waals surface area contributed by atoms with Gasteiger partial charge in [-0.15, -0.1) is 10.2 Å². The van der Waals surface area contributed by atoms with Gasteiger partial charge in [-0.05, 0) is 36.2 Å². The summed E-state index contributed by atoms with van der Waals surface area (Å²) in [4.78, 5) is 16.0. The van der Waals surface area contributed by atoms with Gasteiger partial charge >= 0.3 is 0 Å². The van der Waals surface area contributed by atoms with E-state index >= 15 is 0 Å². The number of aryl methyl sites for hydroxylation is 1. The van der Waals surface area contributed by atoms with E-state index in [1.807, 2.05) is 30.3 Å². The lowest BCUT2D eigenvalue weighted by atomic mass is 10.1. The van der Waals surface area contributed by atoms with Crippen molar-refractivity contribution >= 4 is 5.91 Å². The van der Waals surface area contributed by atoms with E-state index in [0.29, 0.717) is 24.6 Å². The topological polar surface area (TPSA) is 90.1 Å². The molecule has 3 rings (SSSR count). The van der Waals surface area contributed by atoms with Gasteiger partial charge in [0.15, 0.2) is 0 Å². The lowest BCUT2D eigenvalue weighted by Gasteiger charge is -2.04. The SMILES string of the molecule is COc1ccc(CCC(=O)NCc2nnc(-c3cccnc3)o2)cc1. The number of aromatic nitrogens is 3. The van der Waals surface area contributed by atoms with Gasteiger partial charge in [0.2, 0.25) is 17.7 Å². The number of rotatable bonds is 7. The van der Waals surface area contributed by atoms with Crippen molar-refractivity contribution in [3.8, 4) is 17.2 Å². The molecule has 1 amide bonds. The van der Waals surface area contributed by atoms with Gasteiger partial charge in [-0.1, -0.05) is 12.1 Å². The molecular weight excluding hydrogens is 320 g/mol. The molecule has 0 fully saturated rings. The van der Waals surface area contributed by atoms with Crippen LogP contribution in [0.4, 0.5) is 0 Å². The summed E-state index contributed by atoms with van der Waals surface area (Å²) in [6.07, 6.45) is 4.35. The van der Waals surface area contributed by atoms with Crippen LogP contribution in [-0.4, -0.2) is 28.2 Å². The Labute approximate surface area is 145 Å². The van der Waals surface area contributed by atoms with E-state index in [2.05, 4.69) is 20.5 Å². The molecule has 7 heteroatoms. The van der Waals surface area contributed by atoms with Crippen molar-refractivity contribution in [3.05, 3.63) is 60.2 Å². The minimum Gasteiger partial charge on any atom is -0.497 e. The van der Waals surface area contributed by atoms with Crippen molar-refractivity contribution in [2.45, 2.75) is 19.4 Å². The fraction of sp³-hybridized carbons (Fsp3) is 0.222. The number of nitrogens with zero attached hydrogens (tertiary/aromatic N) is 3. The molecule has 0 aliphatic heterocycles.